The van der Waals surface area contributed by atoms with Gasteiger partial charge in [0.25, 0.3) is 5.91 Å². The number of rotatable bonds is 7. The maximum absolute atomic E-state index is 14.6. The number of aryl methyl sites for hydroxylation is 1. The van der Waals surface area contributed by atoms with Crippen molar-refractivity contribution in [2.24, 2.45) is 7.05 Å². The van der Waals surface area contributed by atoms with E-state index in [2.05, 4.69) is 10.4 Å². The fraction of sp³-hybridized carbons (Fsp3) is 0.200. The topological polar surface area (TPSA) is 93.5 Å². The van der Waals surface area contributed by atoms with Crippen LogP contribution in [0.3, 0.4) is 0 Å². The smallest absolute Gasteiger partial charge is 0.275 e. The number of ether oxygens (including phenoxy) is 1. The SMILES string of the molecule is CC(=O)c1ccc(F)c(NC(=O)CN(Cc2ccccc2F)C(=O)c2nn(C)c3c2CCOc2ccc(Cl)cc2-3)c1. The van der Waals surface area contributed by atoms with E-state index in [1.807, 2.05) is 0 Å². The summed E-state index contributed by atoms with van der Waals surface area (Å²) in [7, 11) is 1.68. The average molecular weight is 579 g/mol. The molecule has 4 aromatic rings. The molecule has 1 aliphatic heterocycles. The van der Waals surface area contributed by atoms with Crippen LogP contribution in [0.1, 0.15) is 38.9 Å². The van der Waals surface area contributed by atoms with Crippen LogP contribution in [0.5, 0.6) is 5.75 Å². The number of nitrogens with zero attached hydrogens (tertiary/aromatic N) is 3. The van der Waals surface area contributed by atoms with Gasteiger partial charge in [-0.1, -0.05) is 29.8 Å². The average Bonchev–Trinajstić information content (AvgIpc) is 3.14. The van der Waals surface area contributed by atoms with Crippen molar-refractivity contribution in [3.8, 4) is 17.0 Å². The number of Topliss-reactive ketones (excluding diaryl/α,β-unsaturated/α-hetero) is 1. The predicted octanol–water partition coefficient (Wildman–Crippen LogP) is 5.44. The van der Waals surface area contributed by atoms with E-state index in [0.717, 1.165) is 11.0 Å². The van der Waals surface area contributed by atoms with Crippen molar-refractivity contribution in [3.63, 3.8) is 0 Å². The molecule has 0 aliphatic carbocycles. The lowest BCUT2D eigenvalue weighted by molar-refractivity contribution is -0.117. The Morgan fingerprint density at radius 1 is 1.07 bits per heavy atom. The van der Waals surface area contributed by atoms with Crippen LogP contribution < -0.4 is 10.1 Å². The first-order valence-corrected chi connectivity index (χ1v) is 13.1. The summed E-state index contributed by atoms with van der Waals surface area (Å²) in [4.78, 5) is 40.0. The van der Waals surface area contributed by atoms with Gasteiger partial charge >= 0.3 is 0 Å². The maximum atomic E-state index is 14.6. The highest BCUT2D eigenvalue weighted by molar-refractivity contribution is 6.31. The Hall–Kier alpha value is -4.57. The Kier molecular flexibility index (Phi) is 7.85. The molecule has 1 aromatic heterocycles. The molecule has 0 spiro atoms. The predicted molar refractivity (Wildman–Crippen MR) is 149 cm³/mol. The molecule has 8 nitrogen and oxygen atoms in total. The van der Waals surface area contributed by atoms with Crippen LogP contribution in [0.2, 0.25) is 5.02 Å². The molecule has 3 aromatic carbocycles. The number of carbonyl (C=O) groups excluding carboxylic acids is 3. The number of hydrogen-bond acceptors (Lipinski definition) is 5. The fourth-order valence-electron chi connectivity index (χ4n) is 4.77. The number of hydrogen-bond donors (Lipinski definition) is 1. The zero-order valence-electron chi connectivity index (χ0n) is 22.2. The summed E-state index contributed by atoms with van der Waals surface area (Å²) in [6.07, 6.45) is 0.347. The number of halogens is 3. The van der Waals surface area contributed by atoms with Gasteiger partial charge < -0.3 is 15.0 Å². The van der Waals surface area contributed by atoms with E-state index < -0.39 is 30.0 Å². The van der Waals surface area contributed by atoms with Gasteiger partial charge in [-0.2, -0.15) is 5.10 Å². The second kappa shape index (κ2) is 11.5. The van der Waals surface area contributed by atoms with Gasteiger partial charge in [-0.05, 0) is 49.4 Å². The summed E-state index contributed by atoms with van der Waals surface area (Å²) in [5.41, 5.74) is 2.16. The minimum atomic E-state index is -0.747. The van der Waals surface area contributed by atoms with Gasteiger partial charge in [0.2, 0.25) is 5.91 Å². The van der Waals surface area contributed by atoms with E-state index in [4.69, 9.17) is 16.3 Å². The normalized spacial score (nSPS) is 12.0. The molecule has 5 rings (SSSR count). The summed E-state index contributed by atoms with van der Waals surface area (Å²) in [5.74, 6) is -2.38. The first kappa shape index (κ1) is 28.0. The zero-order chi connectivity index (χ0) is 29.3. The first-order chi connectivity index (χ1) is 19.6. The second-order valence-corrected chi connectivity index (χ2v) is 10.0. The number of fused-ring (bicyclic) bond motifs is 3. The van der Waals surface area contributed by atoms with E-state index in [1.54, 1.807) is 36.0 Å². The molecule has 0 unspecified atom stereocenters. The highest BCUT2D eigenvalue weighted by Crippen LogP contribution is 2.38. The van der Waals surface area contributed by atoms with E-state index in [-0.39, 0.29) is 41.4 Å². The summed E-state index contributed by atoms with van der Waals surface area (Å²) in [6, 6.07) is 14.7. The van der Waals surface area contributed by atoms with Gasteiger partial charge in [0.05, 0.1) is 18.0 Å². The van der Waals surface area contributed by atoms with Crippen molar-refractivity contribution in [1.82, 2.24) is 14.7 Å². The fourth-order valence-corrected chi connectivity index (χ4v) is 4.95. The highest BCUT2D eigenvalue weighted by Gasteiger charge is 2.31. The van der Waals surface area contributed by atoms with Crippen molar-refractivity contribution >= 4 is 34.9 Å². The molecular weight excluding hydrogens is 554 g/mol. The van der Waals surface area contributed by atoms with Crippen LogP contribution in [-0.4, -0.2) is 45.4 Å². The van der Waals surface area contributed by atoms with Gasteiger partial charge in [0, 0.05) is 47.3 Å². The van der Waals surface area contributed by atoms with Gasteiger partial charge in [-0.15, -0.1) is 0 Å². The Balaban J connectivity index is 1.50. The van der Waals surface area contributed by atoms with Crippen molar-refractivity contribution in [1.29, 1.82) is 0 Å². The lowest BCUT2D eigenvalue weighted by Crippen LogP contribution is -2.38. The molecule has 0 bridgehead atoms. The minimum Gasteiger partial charge on any atom is -0.493 e. The molecule has 2 amide bonds. The summed E-state index contributed by atoms with van der Waals surface area (Å²) < 4.78 is 36.5. The molecule has 0 radical (unpaired) electrons. The first-order valence-electron chi connectivity index (χ1n) is 12.7. The van der Waals surface area contributed by atoms with Crippen LogP contribution in [0.15, 0.2) is 60.7 Å². The monoisotopic (exact) mass is 578 g/mol. The van der Waals surface area contributed by atoms with Crippen molar-refractivity contribution < 1.29 is 27.9 Å². The third kappa shape index (κ3) is 5.83. The molecule has 1 N–H and O–H groups in total. The Labute approximate surface area is 239 Å². The van der Waals surface area contributed by atoms with E-state index >= 15 is 0 Å². The minimum absolute atomic E-state index is 0.0767. The number of ketones is 1. The number of benzene rings is 3. The molecule has 1 aliphatic rings. The van der Waals surface area contributed by atoms with E-state index in [1.165, 1.54) is 37.3 Å². The summed E-state index contributed by atoms with van der Waals surface area (Å²) in [5, 5.41) is 7.39. The molecule has 0 saturated carbocycles. The number of anilines is 1. The lowest BCUT2D eigenvalue weighted by Gasteiger charge is -2.22. The number of carbonyl (C=O) groups is 3. The van der Waals surface area contributed by atoms with Crippen LogP contribution in [-0.2, 0) is 24.8 Å². The van der Waals surface area contributed by atoms with Crippen molar-refractivity contribution in [2.45, 2.75) is 19.9 Å². The molecule has 0 atom stereocenters. The largest absolute Gasteiger partial charge is 0.493 e. The molecule has 11 heteroatoms. The van der Waals surface area contributed by atoms with Crippen molar-refractivity contribution in [2.75, 3.05) is 18.5 Å². The zero-order valence-corrected chi connectivity index (χ0v) is 23.0. The second-order valence-electron chi connectivity index (χ2n) is 9.59. The number of nitrogens with one attached hydrogen (secondary N) is 1. The third-order valence-corrected chi connectivity index (χ3v) is 6.98. The highest BCUT2D eigenvalue weighted by atomic mass is 35.5. The third-order valence-electron chi connectivity index (χ3n) is 6.74. The lowest BCUT2D eigenvalue weighted by atomic mass is 10.0. The maximum Gasteiger partial charge on any atom is 0.275 e. The molecule has 210 valence electrons. The Morgan fingerprint density at radius 2 is 1.85 bits per heavy atom. The van der Waals surface area contributed by atoms with Gasteiger partial charge in [-0.25, -0.2) is 8.78 Å². The standard InChI is InChI=1S/C30H25ClF2N4O4/c1-17(38)18-7-9-24(33)25(13-18)34-27(39)16-37(15-19-5-3-4-6-23(19)32)30(40)28-21-11-12-41-26-10-8-20(31)14-22(26)29(21)36(2)35-28/h3-10,13-14H,11-12,15-16H2,1-2H3,(H,34,39). The van der Waals surface area contributed by atoms with Crippen LogP contribution in [0, 0.1) is 11.6 Å². The Morgan fingerprint density at radius 3 is 2.61 bits per heavy atom. The number of amides is 2. The molecule has 0 saturated heterocycles. The summed E-state index contributed by atoms with van der Waals surface area (Å²) in [6.45, 7) is 0.800. The van der Waals surface area contributed by atoms with E-state index in [0.29, 0.717) is 34.0 Å². The molecular formula is C30H25ClF2N4O4. The molecule has 2 heterocycles. The number of aromatic nitrogens is 2. The van der Waals surface area contributed by atoms with Gasteiger partial charge in [0.1, 0.15) is 23.9 Å². The van der Waals surface area contributed by atoms with Crippen molar-refractivity contribution in [3.05, 3.63) is 99.7 Å². The van der Waals surface area contributed by atoms with Crippen LogP contribution in [0.4, 0.5) is 14.5 Å². The quantitative estimate of drug-likeness (QED) is 0.295. The Bertz CT molecular complexity index is 1690. The van der Waals surface area contributed by atoms with Crippen LogP contribution in [0.25, 0.3) is 11.3 Å². The molecule has 0 fully saturated rings. The van der Waals surface area contributed by atoms with E-state index in [9.17, 15) is 23.2 Å². The molecule has 41 heavy (non-hydrogen) atoms. The van der Waals surface area contributed by atoms with Gasteiger partial charge in [-0.3, -0.25) is 19.1 Å². The van der Waals surface area contributed by atoms with Gasteiger partial charge in [0.15, 0.2) is 11.5 Å². The summed E-state index contributed by atoms with van der Waals surface area (Å²) >= 11 is 6.25. The van der Waals surface area contributed by atoms with Crippen LogP contribution >= 0.6 is 11.6 Å².